The summed E-state index contributed by atoms with van der Waals surface area (Å²) in [6.07, 6.45) is 11.0. The van der Waals surface area contributed by atoms with Gasteiger partial charge >= 0.3 is 11.8 Å². The van der Waals surface area contributed by atoms with E-state index in [4.69, 9.17) is 10.5 Å². The van der Waals surface area contributed by atoms with Crippen molar-refractivity contribution in [3.63, 3.8) is 0 Å². The van der Waals surface area contributed by atoms with E-state index in [-0.39, 0.29) is 64.8 Å². The quantitative estimate of drug-likeness (QED) is 0.186. The normalized spacial score (nSPS) is 35.1. The van der Waals surface area contributed by atoms with Crippen molar-refractivity contribution in [2.45, 2.75) is 111 Å². The fraction of sp³-hybridized carbons (Fsp3) is 0.565. The molecule has 4 saturated carbocycles. The smallest absolute Gasteiger partial charge is 0.460 e. The summed E-state index contributed by atoms with van der Waals surface area (Å²) in [7, 11) is 0. The van der Waals surface area contributed by atoms with Crippen LogP contribution < -0.4 is 11.6 Å². The van der Waals surface area contributed by atoms with Gasteiger partial charge in [-0.15, -0.1) is 0 Å². The SMILES string of the molecule is CC1C(N)CCC2(C)C1CCC1(C)C3CCC4(C)CCC(C(=O)OC(c5ccccc5)c5ccccc5)CC4C3=CC(=O)C12.Cc1oc(=O)oc1COC=O. The Bertz CT molecular complexity index is 1910. The van der Waals surface area contributed by atoms with Crippen LogP contribution in [0.5, 0.6) is 0 Å². The molecule has 2 aromatic carbocycles. The number of nitrogens with two attached hydrogens (primary N) is 1. The first-order chi connectivity index (χ1) is 26.3. The maximum atomic E-state index is 14.4. The van der Waals surface area contributed by atoms with E-state index >= 15 is 0 Å². The van der Waals surface area contributed by atoms with E-state index < -0.39 is 11.9 Å². The van der Waals surface area contributed by atoms with E-state index in [1.54, 1.807) is 6.92 Å². The Morgan fingerprint density at radius 2 is 1.51 bits per heavy atom. The topological polar surface area (TPSA) is 139 Å². The lowest BCUT2D eigenvalue weighted by Gasteiger charge is -2.65. The number of allylic oxidation sites excluding steroid dienone is 2. The summed E-state index contributed by atoms with van der Waals surface area (Å²) in [4.78, 5) is 48.5. The van der Waals surface area contributed by atoms with Crippen molar-refractivity contribution in [3.8, 4) is 0 Å². The number of carbonyl (C=O) groups is 3. The van der Waals surface area contributed by atoms with Gasteiger partial charge in [0.05, 0.1) is 5.92 Å². The van der Waals surface area contributed by atoms with Gasteiger partial charge in [-0.1, -0.05) is 93.9 Å². The molecule has 3 aromatic rings. The highest BCUT2D eigenvalue weighted by Crippen LogP contribution is 2.69. The van der Waals surface area contributed by atoms with Crippen molar-refractivity contribution in [1.29, 1.82) is 0 Å². The predicted octanol–water partition coefficient (Wildman–Crippen LogP) is 8.67. The third-order valence-electron chi connectivity index (χ3n) is 15.0. The van der Waals surface area contributed by atoms with Gasteiger partial charge in [-0.3, -0.25) is 14.4 Å². The molecular formula is C46H57NO8. The third kappa shape index (κ3) is 7.18. The lowest BCUT2D eigenvalue weighted by molar-refractivity contribution is -0.162. The molecule has 5 aliphatic rings. The molecule has 10 unspecified atom stereocenters. The average molecular weight is 752 g/mol. The molecule has 0 saturated heterocycles. The van der Waals surface area contributed by atoms with E-state index in [2.05, 4.69) is 47.3 Å². The van der Waals surface area contributed by atoms with Crippen LogP contribution in [0.4, 0.5) is 0 Å². The van der Waals surface area contributed by atoms with Crippen LogP contribution in [0.2, 0.25) is 0 Å². The molecule has 1 aromatic heterocycles. The summed E-state index contributed by atoms with van der Waals surface area (Å²) in [6, 6.07) is 20.4. The number of ether oxygens (including phenoxy) is 2. The average Bonchev–Trinajstić information content (AvgIpc) is 3.50. The summed E-state index contributed by atoms with van der Waals surface area (Å²) in [5.74, 6) is 1.62. The number of carbonyl (C=O) groups excluding carboxylic acids is 3. The number of ketones is 1. The number of rotatable bonds is 7. The van der Waals surface area contributed by atoms with E-state index in [9.17, 15) is 19.2 Å². The Morgan fingerprint density at radius 1 is 0.873 bits per heavy atom. The molecule has 1 heterocycles. The minimum absolute atomic E-state index is 0.0188. The summed E-state index contributed by atoms with van der Waals surface area (Å²) in [5.41, 5.74) is 10.1. The van der Waals surface area contributed by atoms with Crippen molar-refractivity contribution in [2.75, 3.05) is 0 Å². The van der Waals surface area contributed by atoms with E-state index in [0.29, 0.717) is 29.3 Å². The number of aryl methyl sites for hydroxylation is 1. The molecule has 10 atom stereocenters. The van der Waals surface area contributed by atoms with Crippen LogP contribution in [0.15, 0.2) is 85.9 Å². The van der Waals surface area contributed by atoms with Crippen LogP contribution in [0.25, 0.3) is 0 Å². The van der Waals surface area contributed by atoms with Crippen LogP contribution in [0, 0.1) is 58.7 Å². The van der Waals surface area contributed by atoms with Crippen molar-refractivity contribution < 1.29 is 32.7 Å². The highest BCUT2D eigenvalue weighted by molar-refractivity contribution is 5.95. The molecule has 9 heteroatoms. The van der Waals surface area contributed by atoms with Crippen molar-refractivity contribution >= 4 is 18.2 Å². The molecule has 55 heavy (non-hydrogen) atoms. The minimum atomic E-state index is -0.785. The molecule has 9 nitrogen and oxygen atoms in total. The van der Waals surface area contributed by atoms with E-state index in [0.717, 1.165) is 56.1 Å². The van der Waals surface area contributed by atoms with Gasteiger partial charge in [0.2, 0.25) is 0 Å². The Morgan fingerprint density at radius 3 is 2.13 bits per heavy atom. The first kappa shape index (κ1) is 39.0. The Hall–Kier alpha value is -4.24. The third-order valence-corrected chi connectivity index (χ3v) is 15.0. The van der Waals surface area contributed by atoms with Crippen LogP contribution in [0.3, 0.4) is 0 Å². The van der Waals surface area contributed by atoms with Gasteiger partial charge in [-0.2, -0.15) is 0 Å². The number of hydrogen-bond donors (Lipinski definition) is 1. The van der Waals surface area contributed by atoms with Gasteiger partial charge in [-0.05, 0) is 122 Å². The maximum absolute atomic E-state index is 14.4. The molecule has 0 bridgehead atoms. The standard InChI is InChI=1S/C40H51NO3.C6H6O5/c1-25-30-17-21-40(4)31-16-20-38(2)19-15-28(23-32(38)29(31)24-34(42)36(40)39(30,3)22-18-33(25)41)37(43)44-35(26-11-7-5-8-12-26)27-13-9-6-10-14-27;1-4-5(2-9-3-7)11-6(8)10-4/h5-14,24-25,28,30-33,35-36H,15-23,41H2,1-4H3;3H,2H2,1H3. The number of hydrogen-bond acceptors (Lipinski definition) is 9. The molecule has 8 rings (SSSR count). The molecule has 0 amide bonds. The Kier molecular flexibility index (Phi) is 10.9. The second-order valence-electron chi connectivity index (χ2n) is 17.9. The fourth-order valence-electron chi connectivity index (χ4n) is 12.0. The Labute approximate surface area is 324 Å². The van der Waals surface area contributed by atoms with Gasteiger partial charge in [0, 0.05) is 12.0 Å². The molecule has 0 aliphatic heterocycles. The van der Waals surface area contributed by atoms with Crippen LogP contribution >= 0.6 is 0 Å². The first-order valence-corrected chi connectivity index (χ1v) is 20.2. The second-order valence-corrected chi connectivity index (χ2v) is 17.9. The van der Waals surface area contributed by atoms with Gasteiger partial charge in [0.1, 0.15) is 0 Å². The molecular weight excluding hydrogens is 695 g/mol. The largest absolute Gasteiger partial charge is 0.519 e. The zero-order chi connectivity index (χ0) is 39.1. The highest BCUT2D eigenvalue weighted by Gasteiger charge is 2.64. The summed E-state index contributed by atoms with van der Waals surface area (Å²) in [5, 5.41) is 0. The monoisotopic (exact) mass is 751 g/mol. The highest BCUT2D eigenvalue weighted by atomic mass is 16.6. The van der Waals surface area contributed by atoms with Gasteiger partial charge in [-0.25, -0.2) is 4.79 Å². The van der Waals surface area contributed by atoms with Crippen LogP contribution in [0.1, 0.15) is 114 Å². The Balaban J connectivity index is 0.000000366. The fourth-order valence-corrected chi connectivity index (χ4v) is 12.0. The van der Waals surface area contributed by atoms with Gasteiger partial charge in [0.15, 0.2) is 30.0 Å². The summed E-state index contributed by atoms with van der Waals surface area (Å²) in [6.45, 7) is 11.4. The first-order valence-electron chi connectivity index (χ1n) is 20.2. The zero-order valence-electron chi connectivity index (χ0n) is 33.0. The van der Waals surface area contributed by atoms with Crippen LogP contribution in [-0.4, -0.2) is 24.3 Å². The van der Waals surface area contributed by atoms with Crippen LogP contribution in [-0.2, 0) is 30.5 Å². The maximum Gasteiger partial charge on any atom is 0.519 e. The molecule has 294 valence electrons. The number of benzene rings is 2. The minimum Gasteiger partial charge on any atom is -0.460 e. The molecule has 0 spiro atoms. The molecule has 5 aliphatic carbocycles. The summed E-state index contributed by atoms with van der Waals surface area (Å²) >= 11 is 0. The van der Waals surface area contributed by atoms with E-state index in [1.165, 1.54) is 18.4 Å². The number of fused-ring (bicyclic) bond motifs is 7. The van der Waals surface area contributed by atoms with Gasteiger partial charge < -0.3 is 24.0 Å². The summed E-state index contributed by atoms with van der Waals surface area (Å²) < 4.78 is 19.7. The lowest BCUT2D eigenvalue weighted by Crippen LogP contribution is -2.62. The lowest BCUT2D eigenvalue weighted by atomic mass is 9.38. The molecule has 4 fully saturated rings. The van der Waals surface area contributed by atoms with Crippen molar-refractivity contribution in [3.05, 3.63) is 106 Å². The molecule has 2 N–H and O–H groups in total. The van der Waals surface area contributed by atoms with E-state index in [1.807, 2.05) is 60.7 Å². The second kappa shape index (κ2) is 15.4. The van der Waals surface area contributed by atoms with Crippen molar-refractivity contribution in [1.82, 2.24) is 0 Å². The molecule has 0 radical (unpaired) electrons. The zero-order valence-corrected chi connectivity index (χ0v) is 33.0. The number of esters is 1. The predicted molar refractivity (Wildman–Crippen MR) is 207 cm³/mol. The van der Waals surface area contributed by atoms with Crippen molar-refractivity contribution in [2.24, 2.45) is 57.5 Å². The van der Waals surface area contributed by atoms with Gasteiger partial charge in [0.25, 0.3) is 6.47 Å².